The number of pyridine rings is 1. The Hall–Kier alpha value is -2.05. The number of benzene rings is 1. The summed E-state index contributed by atoms with van der Waals surface area (Å²) in [4.78, 5) is 29.4. The molecule has 0 aliphatic carbocycles. The van der Waals surface area contributed by atoms with Crippen LogP contribution in [-0.2, 0) is 20.7 Å². The fraction of sp³-hybridized carbons (Fsp3) is 0.235. The topological polar surface area (TPSA) is 68.3 Å². The number of esters is 1. The number of aromatic nitrogens is 1. The number of fused-ring (bicyclic) bond motifs is 1. The average Bonchev–Trinajstić information content (AvgIpc) is 3.01. The van der Waals surface area contributed by atoms with Crippen molar-refractivity contribution >= 4 is 41.1 Å². The fourth-order valence-electron chi connectivity index (χ4n) is 2.29. The first-order valence-corrected chi connectivity index (χ1v) is 8.66. The molecule has 0 spiro atoms. The van der Waals surface area contributed by atoms with Crippen molar-refractivity contribution in [2.24, 2.45) is 0 Å². The van der Waals surface area contributed by atoms with Gasteiger partial charge in [0.1, 0.15) is 11.1 Å². The molecule has 7 heteroatoms. The van der Waals surface area contributed by atoms with E-state index in [9.17, 15) is 9.59 Å². The molecule has 0 saturated heterocycles. The van der Waals surface area contributed by atoms with Gasteiger partial charge in [-0.1, -0.05) is 29.8 Å². The van der Waals surface area contributed by atoms with Gasteiger partial charge in [0.05, 0.1) is 5.02 Å². The molecule has 24 heavy (non-hydrogen) atoms. The normalized spacial score (nSPS) is 17.0. The quantitative estimate of drug-likeness (QED) is 0.845. The summed E-state index contributed by atoms with van der Waals surface area (Å²) in [7, 11) is 0. The van der Waals surface area contributed by atoms with Crippen LogP contribution in [0.15, 0.2) is 47.5 Å². The van der Waals surface area contributed by atoms with Gasteiger partial charge in [0.25, 0.3) is 5.91 Å². The summed E-state index contributed by atoms with van der Waals surface area (Å²) in [6.07, 6.45) is 1.15. The highest BCUT2D eigenvalue weighted by molar-refractivity contribution is 8.01. The van der Waals surface area contributed by atoms with Crippen molar-refractivity contribution in [1.29, 1.82) is 0 Å². The first-order valence-electron chi connectivity index (χ1n) is 7.40. The molecule has 2 unspecified atom stereocenters. The molecule has 3 rings (SSSR count). The predicted molar refractivity (Wildman–Crippen MR) is 93.2 cm³/mol. The molecule has 1 N–H and O–H groups in total. The van der Waals surface area contributed by atoms with Gasteiger partial charge in [-0.3, -0.25) is 9.59 Å². The third-order valence-electron chi connectivity index (χ3n) is 3.55. The molecular formula is C17H15ClN2O3S. The third kappa shape index (κ3) is 3.88. The highest BCUT2D eigenvalue weighted by Crippen LogP contribution is 2.37. The Balaban J connectivity index is 1.54. The number of nitrogens with one attached hydrogen (secondary N) is 1. The zero-order chi connectivity index (χ0) is 17.1. The average molecular weight is 363 g/mol. The number of carbonyl (C=O) groups is 2. The number of nitrogens with zero attached hydrogens (tertiary/aromatic N) is 1. The zero-order valence-corrected chi connectivity index (χ0v) is 14.4. The van der Waals surface area contributed by atoms with Crippen LogP contribution in [0, 0.1) is 0 Å². The van der Waals surface area contributed by atoms with E-state index in [4.69, 9.17) is 16.3 Å². The third-order valence-corrected chi connectivity index (χ3v) is 5.07. The van der Waals surface area contributed by atoms with Gasteiger partial charge in [0, 0.05) is 11.1 Å². The Morgan fingerprint density at radius 1 is 1.33 bits per heavy atom. The van der Waals surface area contributed by atoms with Crippen LogP contribution in [-0.4, -0.2) is 28.2 Å². The second-order valence-corrected chi connectivity index (χ2v) is 7.03. The zero-order valence-electron chi connectivity index (χ0n) is 12.9. The summed E-state index contributed by atoms with van der Waals surface area (Å²) in [5.74, 6) is -0.462. The summed E-state index contributed by atoms with van der Waals surface area (Å²) in [5, 5.41) is 2.75. The summed E-state index contributed by atoms with van der Waals surface area (Å²) in [6, 6.07) is 11.1. The van der Waals surface area contributed by atoms with Gasteiger partial charge < -0.3 is 10.1 Å². The molecule has 2 atom stereocenters. The fourth-order valence-corrected chi connectivity index (χ4v) is 3.59. The van der Waals surface area contributed by atoms with Crippen LogP contribution in [0.3, 0.4) is 0 Å². The Bertz CT molecular complexity index is 742. The Morgan fingerprint density at radius 3 is 2.83 bits per heavy atom. The van der Waals surface area contributed by atoms with Gasteiger partial charge in [-0.25, -0.2) is 4.98 Å². The van der Waals surface area contributed by atoms with E-state index in [1.54, 1.807) is 12.1 Å². The maximum Gasteiger partial charge on any atom is 0.320 e. The number of ether oxygens (including phenoxy) is 1. The number of anilines is 1. The van der Waals surface area contributed by atoms with E-state index in [0.717, 1.165) is 10.5 Å². The van der Waals surface area contributed by atoms with Crippen molar-refractivity contribution in [1.82, 2.24) is 4.98 Å². The largest absolute Gasteiger partial charge is 0.452 e. The molecule has 0 saturated carbocycles. The summed E-state index contributed by atoms with van der Waals surface area (Å²) in [5.41, 5.74) is 1.13. The van der Waals surface area contributed by atoms with Crippen molar-refractivity contribution in [3.8, 4) is 0 Å². The molecular weight excluding hydrogens is 348 g/mol. The van der Waals surface area contributed by atoms with Crippen LogP contribution >= 0.6 is 23.4 Å². The van der Waals surface area contributed by atoms with Gasteiger partial charge in [-0.15, -0.1) is 11.8 Å². The minimum absolute atomic E-state index is 0.314. The Morgan fingerprint density at radius 2 is 2.12 bits per heavy atom. The molecule has 1 amide bonds. The number of amides is 1. The van der Waals surface area contributed by atoms with E-state index in [0.29, 0.717) is 17.3 Å². The maximum atomic E-state index is 12.3. The van der Waals surface area contributed by atoms with E-state index in [2.05, 4.69) is 10.3 Å². The molecule has 1 aliphatic heterocycles. The number of hydrogen-bond donors (Lipinski definition) is 1. The van der Waals surface area contributed by atoms with E-state index in [-0.39, 0.29) is 11.2 Å². The molecule has 124 valence electrons. The van der Waals surface area contributed by atoms with Crippen molar-refractivity contribution in [3.63, 3.8) is 0 Å². The van der Waals surface area contributed by atoms with E-state index in [1.807, 2.05) is 24.3 Å². The highest BCUT2D eigenvalue weighted by atomic mass is 35.5. The minimum atomic E-state index is -0.903. The lowest BCUT2D eigenvalue weighted by Crippen LogP contribution is -2.33. The highest BCUT2D eigenvalue weighted by Gasteiger charge is 2.31. The lowest BCUT2D eigenvalue weighted by molar-refractivity contribution is -0.152. The summed E-state index contributed by atoms with van der Waals surface area (Å²) in [6.45, 7) is 1.54. The van der Waals surface area contributed by atoms with Crippen LogP contribution in [0.2, 0.25) is 5.02 Å². The standard InChI is InChI=1S/C17H15ClN2O3S/c1-10(16(21)20-15-7-6-12(18)9-19-15)23-17(22)14-8-11-4-2-3-5-13(11)24-14/h2-7,9-10,14H,8H2,1H3,(H,19,20,21). The van der Waals surface area contributed by atoms with Gasteiger partial charge in [-0.2, -0.15) is 0 Å². The van der Waals surface area contributed by atoms with Crippen molar-refractivity contribution in [3.05, 3.63) is 53.2 Å². The number of thioether (sulfide) groups is 1. The summed E-state index contributed by atoms with van der Waals surface area (Å²) < 4.78 is 5.30. The van der Waals surface area contributed by atoms with Gasteiger partial charge in [-0.05, 0) is 37.1 Å². The van der Waals surface area contributed by atoms with Crippen LogP contribution in [0.25, 0.3) is 0 Å². The second kappa shape index (κ2) is 7.23. The van der Waals surface area contributed by atoms with E-state index >= 15 is 0 Å². The minimum Gasteiger partial charge on any atom is -0.452 e. The van der Waals surface area contributed by atoms with Crippen LogP contribution in [0.5, 0.6) is 0 Å². The van der Waals surface area contributed by atoms with E-state index in [1.165, 1.54) is 24.9 Å². The van der Waals surface area contributed by atoms with Crippen molar-refractivity contribution in [2.45, 2.75) is 29.6 Å². The lowest BCUT2D eigenvalue weighted by atomic mass is 10.1. The molecule has 0 bridgehead atoms. The number of hydrogen-bond acceptors (Lipinski definition) is 5. The predicted octanol–water partition coefficient (Wildman–Crippen LogP) is 3.32. The number of rotatable bonds is 4. The molecule has 5 nitrogen and oxygen atoms in total. The first-order chi connectivity index (χ1) is 11.5. The van der Waals surface area contributed by atoms with Crippen LogP contribution < -0.4 is 5.32 Å². The van der Waals surface area contributed by atoms with E-state index < -0.39 is 12.0 Å². The summed E-state index contributed by atoms with van der Waals surface area (Å²) >= 11 is 7.21. The molecule has 0 fully saturated rings. The monoisotopic (exact) mass is 362 g/mol. The molecule has 2 heterocycles. The first kappa shape index (κ1) is 16.8. The molecule has 1 aromatic carbocycles. The number of halogens is 1. The number of carbonyl (C=O) groups excluding carboxylic acids is 2. The van der Waals surface area contributed by atoms with Crippen LogP contribution in [0.1, 0.15) is 12.5 Å². The molecule has 1 aromatic heterocycles. The molecule has 2 aromatic rings. The second-order valence-electron chi connectivity index (χ2n) is 5.35. The van der Waals surface area contributed by atoms with Crippen molar-refractivity contribution < 1.29 is 14.3 Å². The smallest absolute Gasteiger partial charge is 0.320 e. The van der Waals surface area contributed by atoms with Gasteiger partial charge in [0.15, 0.2) is 6.10 Å². The maximum absolute atomic E-state index is 12.3. The van der Waals surface area contributed by atoms with Crippen LogP contribution in [0.4, 0.5) is 5.82 Å². The lowest BCUT2D eigenvalue weighted by Gasteiger charge is -2.15. The SMILES string of the molecule is CC(OC(=O)C1Cc2ccccc2S1)C(=O)Nc1ccc(Cl)cn1. The Labute approximate surface area is 148 Å². The van der Waals surface area contributed by atoms with Gasteiger partial charge >= 0.3 is 5.97 Å². The van der Waals surface area contributed by atoms with Gasteiger partial charge in [0.2, 0.25) is 0 Å². The van der Waals surface area contributed by atoms with Crippen molar-refractivity contribution in [2.75, 3.05) is 5.32 Å². The molecule has 0 radical (unpaired) electrons. The Kier molecular flexibility index (Phi) is 5.06. The molecule has 1 aliphatic rings.